The molecule has 0 bridgehead atoms. The van der Waals surface area contributed by atoms with Gasteiger partial charge < -0.3 is 5.32 Å². The number of para-hydroxylation sites is 1. The Kier molecular flexibility index (Phi) is 6.35. The molecule has 23 heavy (non-hydrogen) atoms. The Hall–Kier alpha value is -0.980. The van der Waals surface area contributed by atoms with Crippen molar-refractivity contribution < 1.29 is 13.2 Å². The van der Waals surface area contributed by atoms with Crippen LogP contribution in [0, 0.1) is 5.92 Å². The summed E-state index contributed by atoms with van der Waals surface area (Å²) in [5.74, 6) is -0.239. The Balaban J connectivity index is 0.00000132. The van der Waals surface area contributed by atoms with Crippen LogP contribution < -0.4 is 10.0 Å². The lowest BCUT2D eigenvalue weighted by molar-refractivity contribution is -0.121. The molecule has 130 valence electrons. The first-order valence-electron chi connectivity index (χ1n) is 7.37. The Morgan fingerprint density at radius 2 is 1.83 bits per heavy atom. The van der Waals surface area contributed by atoms with Crippen LogP contribution in [-0.2, 0) is 14.8 Å². The second kappa shape index (κ2) is 7.28. The number of hydrogen-bond donors (Lipinski definition) is 2. The molecule has 2 atom stereocenters. The Labute approximate surface area is 149 Å². The van der Waals surface area contributed by atoms with E-state index >= 15 is 0 Å². The number of carbonyl (C=O) groups excluding carboxylic acids is 1. The van der Waals surface area contributed by atoms with Crippen LogP contribution in [-0.4, -0.2) is 25.1 Å². The molecule has 8 heteroatoms. The van der Waals surface area contributed by atoms with E-state index in [0.717, 1.165) is 12.1 Å². The van der Waals surface area contributed by atoms with Crippen LogP contribution >= 0.6 is 24.8 Å². The van der Waals surface area contributed by atoms with E-state index in [1.165, 1.54) is 0 Å². The summed E-state index contributed by atoms with van der Waals surface area (Å²) in [6, 6.07) is 9.45. The third kappa shape index (κ3) is 4.11. The molecule has 0 unspecified atom stereocenters. The van der Waals surface area contributed by atoms with Crippen molar-refractivity contribution in [3.8, 4) is 0 Å². The number of halogens is 2. The van der Waals surface area contributed by atoms with Crippen LogP contribution in [0.5, 0.6) is 0 Å². The highest BCUT2D eigenvalue weighted by Crippen LogP contribution is 2.48. The zero-order valence-electron chi connectivity index (χ0n) is 12.8. The zero-order valence-corrected chi connectivity index (χ0v) is 15.3. The Morgan fingerprint density at radius 1 is 1.22 bits per heavy atom. The Morgan fingerprint density at radius 3 is 2.30 bits per heavy atom. The molecule has 1 aromatic rings. The van der Waals surface area contributed by atoms with Gasteiger partial charge in [0.2, 0.25) is 10.0 Å². The van der Waals surface area contributed by atoms with Gasteiger partial charge >= 0.3 is 0 Å². The minimum atomic E-state index is -3.49. The quantitative estimate of drug-likeness (QED) is 0.795. The third-order valence-corrected chi connectivity index (χ3v) is 6.16. The molecule has 2 saturated carbocycles. The van der Waals surface area contributed by atoms with Crippen LogP contribution in [0.4, 0.5) is 5.69 Å². The molecule has 0 aromatic heterocycles. The monoisotopic (exact) mass is 380 g/mol. The number of anilines is 1. The molecule has 2 N–H and O–H groups in total. The molecule has 0 saturated heterocycles. The van der Waals surface area contributed by atoms with Crippen molar-refractivity contribution in [1.82, 2.24) is 4.72 Å². The number of benzene rings is 1. The molecule has 0 aliphatic heterocycles. The van der Waals surface area contributed by atoms with E-state index < -0.39 is 21.5 Å². The number of sulfonamides is 1. The topological polar surface area (TPSA) is 75.3 Å². The summed E-state index contributed by atoms with van der Waals surface area (Å²) in [6.45, 7) is 2.02. The van der Waals surface area contributed by atoms with Crippen molar-refractivity contribution in [1.29, 1.82) is 0 Å². The van der Waals surface area contributed by atoms with E-state index in [0.29, 0.717) is 19.3 Å². The molecule has 2 aliphatic rings. The van der Waals surface area contributed by atoms with E-state index in [1.807, 2.05) is 37.3 Å². The molecule has 2 aliphatic carbocycles. The summed E-state index contributed by atoms with van der Waals surface area (Å²) in [6.07, 6.45) is 2.82. The highest BCUT2D eigenvalue weighted by atomic mass is 35.5. The van der Waals surface area contributed by atoms with Gasteiger partial charge in [0.15, 0.2) is 0 Å². The van der Waals surface area contributed by atoms with Crippen molar-refractivity contribution in [3.63, 3.8) is 0 Å². The molecule has 0 spiro atoms. The van der Waals surface area contributed by atoms with E-state index in [2.05, 4.69) is 10.0 Å². The smallest absolute Gasteiger partial charge is 0.259 e. The van der Waals surface area contributed by atoms with Crippen LogP contribution in [0.2, 0.25) is 0 Å². The number of hydrogen-bond acceptors (Lipinski definition) is 4. The molecule has 1 aromatic carbocycles. The van der Waals surface area contributed by atoms with E-state index in [-0.39, 0.29) is 36.0 Å². The van der Waals surface area contributed by atoms with Gasteiger partial charge in [0, 0.05) is 5.69 Å². The summed E-state index contributed by atoms with van der Waals surface area (Å²) in [7, 11) is -3.49. The third-order valence-electron chi connectivity index (χ3n) is 4.34. The van der Waals surface area contributed by atoms with Crippen molar-refractivity contribution in [2.45, 2.75) is 43.4 Å². The molecule has 0 heterocycles. The zero-order chi connectivity index (χ0) is 15.1. The van der Waals surface area contributed by atoms with Crippen LogP contribution in [0.15, 0.2) is 30.3 Å². The van der Waals surface area contributed by atoms with Gasteiger partial charge in [0.25, 0.3) is 5.91 Å². The molecule has 2 fully saturated rings. The highest BCUT2D eigenvalue weighted by molar-refractivity contribution is 7.91. The van der Waals surface area contributed by atoms with E-state index in [9.17, 15) is 13.2 Å². The summed E-state index contributed by atoms with van der Waals surface area (Å²) < 4.78 is 26.2. The predicted molar refractivity (Wildman–Crippen MR) is 95.8 cm³/mol. The van der Waals surface area contributed by atoms with Crippen LogP contribution in [0.1, 0.15) is 32.6 Å². The summed E-state index contributed by atoms with van der Waals surface area (Å²) >= 11 is 0. The number of carbonyl (C=O) groups is 1. The maximum Gasteiger partial charge on any atom is 0.259 e. The normalized spacial score (nSPS) is 25.5. The molecule has 3 rings (SSSR count). The largest absolute Gasteiger partial charge is 0.371 e. The lowest BCUT2D eigenvalue weighted by atomic mass is 10.1. The lowest BCUT2D eigenvalue weighted by Gasteiger charge is -2.20. The second-order valence-electron chi connectivity index (χ2n) is 5.95. The van der Waals surface area contributed by atoms with E-state index in [1.54, 1.807) is 0 Å². The fourth-order valence-corrected chi connectivity index (χ4v) is 4.14. The first kappa shape index (κ1) is 20.1. The highest BCUT2D eigenvalue weighted by Gasteiger charge is 2.60. The lowest BCUT2D eigenvalue weighted by Crippen LogP contribution is -2.46. The average Bonchev–Trinajstić information content (AvgIpc) is 3.34. The predicted octanol–water partition coefficient (Wildman–Crippen LogP) is 2.72. The Bertz CT molecular complexity index is 650. The van der Waals surface area contributed by atoms with Crippen molar-refractivity contribution in [3.05, 3.63) is 30.3 Å². The first-order valence-corrected chi connectivity index (χ1v) is 8.92. The second-order valence-corrected chi connectivity index (χ2v) is 7.91. The fourth-order valence-electron chi connectivity index (χ4n) is 2.77. The maximum absolute atomic E-state index is 12.5. The molecule has 5 nitrogen and oxygen atoms in total. The van der Waals surface area contributed by atoms with Crippen molar-refractivity contribution in [2.75, 3.05) is 5.32 Å². The van der Waals surface area contributed by atoms with Gasteiger partial charge in [-0.25, -0.2) is 8.42 Å². The van der Waals surface area contributed by atoms with E-state index in [4.69, 9.17) is 0 Å². The minimum Gasteiger partial charge on any atom is -0.371 e. The summed E-state index contributed by atoms with van der Waals surface area (Å²) in [5.41, 5.74) is 0.0605. The number of nitrogens with one attached hydrogen (secondary N) is 2. The van der Waals surface area contributed by atoms with Crippen molar-refractivity contribution >= 4 is 46.4 Å². The molecular formula is C15H22Cl2N2O3S. The molecule has 1 amide bonds. The SMILES string of the molecule is CC[C@H]1C[C@]1(Nc1ccccc1)C(=O)NS(=O)(=O)C1CC1.Cl.Cl. The van der Waals surface area contributed by atoms with Gasteiger partial charge in [-0.3, -0.25) is 9.52 Å². The van der Waals surface area contributed by atoms with Gasteiger partial charge in [0.05, 0.1) is 5.25 Å². The summed E-state index contributed by atoms with van der Waals surface area (Å²) in [4.78, 5) is 12.5. The summed E-state index contributed by atoms with van der Waals surface area (Å²) in [5, 5.41) is 2.86. The molecule has 0 radical (unpaired) electrons. The van der Waals surface area contributed by atoms with Crippen molar-refractivity contribution in [2.24, 2.45) is 5.92 Å². The number of amides is 1. The van der Waals surface area contributed by atoms with Crippen LogP contribution in [0.3, 0.4) is 0 Å². The number of rotatable bonds is 6. The average molecular weight is 381 g/mol. The minimum absolute atomic E-state index is 0. The van der Waals surface area contributed by atoms with Gasteiger partial charge in [-0.2, -0.15) is 0 Å². The molecular weight excluding hydrogens is 359 g/mol. The fraction of sp³-hybridized carbons (Fsp3) is 0.533. The maximum atomic E-state index is 12.5. The van der Waals surface area contributed by atoms with Gasteiger partial charge in [-0.15, -0.1) is 24.8 Å². The van der Waals surface area contributed by atoms with Gasteiger partial charge in [-0.05, 0) is 37.3 Å². The van der Waals surface area contributed by atoms with Gasteiger partial charge in [0.1, 0.15) is 5.54 Å². The first-order chi connectivity index (χ1) is 9.98. The van der Waals surface area contributed by atoms with Gasteiger partial charge in [-0.1, -0.05) is 31.5 Å². The standard InChI is InChI=1S/C15H20N2O3S.2ClH/c1-2-11-10-15(11,16-12-6-4-3-5-7-12)14(18)17-21(19,20)13-8-9-13;;/h3-7,11,13,16H,2,8-10H2,1H3,(H,17,18);2*1H/t11-,15+;;/m0../s1. The van der Waals surface area contributed by atoms with Crippen LogP contribution in [0.25, 0.3) is 0 Å².